The zero-order valence-corrected chi connectivity index (χ0v) is 67.9. The number of rotatable bonds is 23. The average Bonchev–Trinajstić information content (AvgIpc) is 1.60. The van der Waals surface area contributed by atoms with E-state index in [-0.39, 0.29) is 55.1 Å². The number of halogens is 3. The summed E-state index contributed by atoms with van der Waals surface area (Å²) in [6.07, 6.45) is 9.71. The van der Waals surface area contributed by atoms with Crippen molar-refractivity contribution in [3.05, 3.63) is 167 Å². The number of nitrogens with one attached hydrogen (secondary N) is 6. The third-order valence-electron chi connectivity index (χ3n) is 18.7. The summed E-state index contributed by atoms with van der Waals surface area (Å²) >= 11 is 12.6. The summed E-state index contributed by atoms with van der Waals surface area (Å²) in [5.41, 5.74) is 5.37. The summed E-state index contributed by atoms with van der Waals surface area (Å²) in [5, 5.41) is 20.1. The van der Waals surface area contributed by atoms with E-state index in [1.54, 1.807) is 135 Å². The third kappa shape index (κ3) is 20.4. The lowest BCUT2D eigenvalue weighted by Crippen LogP contribution is -2.52. The highest BCUT2D eigenvalue weighted by atomic mass is 35.5. The van der Waals surface area contributed by atoms with Crippen LogP contribution in [0.4, 0.5) is 79.5 Å². The quantitative estimate of drug-likeness (QED) is 0.0324. The molecule has 0 atom stereocenters. The molecule has 570 valence electrons. The zero-order chi connectivity index (χ0) is 77.2. The molecule has 0 spiro atoms. The van der Waals surface area contributed by atoms with Crippen LogP contribution in [0, 0.1) is 12.7 Å². The molecule has 32 heteroatoms. The van der Waals surface area contributed by atoms with Crippen LogP contribution in [0.25, 0.3) is 0 Å². The largest absolute Gasteiger partial charge is 0.495 e. The third-order valence-corrected chi connectivity index (χ3v) is 30.0. The monoisotopic (exact) mass is 1590 g/mol. The molecule has 0 amide bonds. The standard InChI is InChI=1S/C29H39FN7O2P.C24H28ClN4O4PS.C22H26ClN4O3PS/c1-35-15-17-37(18-16-35)21-11-13-36(14-12-21)22-9-10-24(26(19-22)39-2)33-29-31-20-23(30)28(34-29)32-25-7-5-6-8-27(25)40(3,4)38;1-16(2)35(31,32)22-9-5-4-8-20(22)27-23-18(25)15-26-24(29-23)28-19-11-10-17(14-21(19)33-3)34(30)12-6-7-13-34;1-14(2)32(29,30)20-9-7-6-8-19(20)25-21-17(23)13-24-22(27-21)26-18-11-10-16(12-15(18)3)31(4,5)28/h5-10,19-21H,11-18H2,1-4H3,(H2,31,32,33,34);4-5,8-11,14-16H,6-7,12-13H2,1-3H3,(H2,26,27,28,29);6-14H,1-5H3,(H2,24,25,26,27). The number of hydrogen-bond acceptors (Lipinski definition) is 24. The molecule has 9 aromatic rings. The summed E-state index contributed by atoms with van der Waals surface area (Å²) in [4.78, 5) is 33.6. The van der Waals surface area contributed by atoms with Gasteiger partial charge in [0.25, 0.3) is 0 Å². The van der Waals surface area contributed by atoms with Crippen molar-refractivity contribution in [3.63, 3.8) is 0 Å². The molecule has 6 heterocycles. The SMILES string of the molecule is COc1cc(N2CCC(N3CCN(C)CC3)CC2)ccc1Nc1ncc(F)c(Nc2ccccc2P(C)(C)=O)n1.COc1cc(P2(=O)CCCC2)ccc1Nc1ncc(Cl)c(Nc2ccccc2S(=O)(=O)C(C)C)n1.Cc1cc(P(C)(C)=O)ccc1Nc1ncc(Cl)c(Nc2ccccc2S(=O)(=O)C(C)C)n1. The summed E-state index contributed by atoms with van der Waals surface area (Å²) in [5.74, 6) is 1.85. The molecule has 3 fully saturated rings. The Kier molecular flexibility index (Phi) is 26.6. The molecule has 0 radical (unpaired) electrons. The molecule has 6 N–H and O–H groups in total. The summed E-state index contributed by atoms with van der Waals surface area (Å²) < 4.78 is 115. The van der Waals surface area contributed by atoms with Gasteiger partial charge < -0.3 is 64.9 Å². The second-order valence-corrected chi connectivity index (χ2v) is 43.0. The molecule has 0 unspecified atom stereocenters. The van der Waals surface area contributed by atoms with E-state index >= 15 is 0 Å². The fourth-order valence-electron chi connectivity index (χ4n) is 12.4. The Morgan fingerprint density at radius 3 is 1.50 bits per heavy atom. The minimum Gasteiger partial charge on any atom is -0.495 e. The smallest absolute Gasteiger partial charge is 0.229 e. The van der Waals surface area contributed by atoms with Crippen LogP contribution in [0.1, 0.15) is 58.9 Å². The van der Waals surface area contributed by atoms with Crippen LogP contribution in [0.5, 0.6) is 11.5 Å². The van der Waals surface area contributed by atoms with Gasteiger partial charge in [-0.15, -0.1) is 0 Å². The molecule has 0 bridgehead atoms. The van der Waals surface area contributed by atoms with E-state index in [4.69, 9.17) is 32.7 Å². The number of piperidine rings is 1. The highest BCUT2D eigenvalue weighted by Crippen LogP contribution is 2.52. The van der Waals surface area contributed by atoms with Gasteiger partial charge in [0, 0.05) is 91.0 Å². The van der Waals surface area contributed by atoms with Crippen molar-refractivity contribution in [2.45, 2.75) is 86.6 Å². The fraction of sp³-hybridized carbons (Fsp3) is 0.360. The first kappa shape index (κ1) is 81.3. The predicted octanol–water partition coefficient (Wildman–Crippen LogP) is 15.5. The van der Waals surface area contributed by atoms with E-state index in [1.165, 1.54) is 12.4 Å². The van der Waals surface area contributed by atoms with E-state index in [0.29, 0.717) is 51.3 Å². The minimum atomic E-state index is -3.53. The van der Waals surface area contributed by atoms with Gasteiger partial charge in [-0.3, -0.25) is 4.90 Å². The van der Waals surface area contributed by atoms with Crippen molar-refractivity contribution in [1.82, 2.24) is 39.7 Å². The maximum atomic E-state index is 14.7. The number of piperazine rings is 1. The number of benzene rings is 6. The first-order valence-electron chi connectivity index (χ1n) is 35.0. The Morgan fingerprint density at radius 2 is 1.00 bits per heavy atom. The number of hydrogen-bond donors (Lipinski definition) is 6. The molecule has 3 aromatic heterocycles. The van der Waals surface area contributed by atoms with Gasteiger partial charge in [-0.2, -0.15) is 15.0 Å². The molecule has 3 aliphatic rings. The van der Waals surface area contributed by atoms with Crippen molar-refractivity contribution in [1.29, 1.82) is 0 Å². The number of ether oxygens (including phenoxy) is 2. The van der Waals surface area contributed by atoms with E-state index < -0.39 is 57.4 Å². The van der Waals surface area contributed by atoms with Gasteiger partial charge in [0.05, 0.1) is 81.5 Å². The molecule has 3 saturated heterocycles. The number of anilines is 13. The van der Waals surface area contributed by atoms with Crippen LogP contribution in [0.2, 0.25) is 10.0 Å². The molecule has 3 aliphatic heterocycles. The Balaban J connectivity index is 0.000000173. The number of likely N-dealkylation sites (N-methyl/N-ethyl adjacent to an activating group) is 1. The van der Waals surface area contributed by atoms with Crippen molar-refractivity contribution >= 4 is 155 Å². The fourth-order valence-corrected chi connectivity index (χ4v) is 20.1. The van der Waals surface area contributed by atoms with Crippen LogP contribution in [-0.4, -0.2) is 173 Å². The lowest BCUT2D eigenvalue weighted by molar-refractivity contribution is 0.0982. The number of aryl methyl sites for hydroxylation is 1. The Hall–Kier alpha value is -8.22. The topological polar surface area (TPSA) is 297 Å². The second kappa shape index (κ2) is 35.0. The van der Waals surface area contributed by atoms with Crippen molar-refractivity contribution in [3.8, 4) is 11.5 Å². The minimum absolute atomic E-state index is 0.00258. The maximum absolute atomic E-state index is 14.7. The molecule has 107 heavy (non-hydrogen) atoms. The first-order chi connectivity index (χ1) is 50.7. The highest BCUT2D eigenvalue weighted by molar-refractivity contribution is 7.92. The molecular weight excluding hydrogens is 1500 g/mol. The van der Waals surface area contributed by atoms with Gasteiger partial charge in [0.2, 0.25) is 17.8 Å². The Labute approximate surface area is 637 Å². The van der Waals surface area contributed by atoms with Gasteiger partial charge >= 0.3 is 0 Å². The van der Waals surface area contributed by atoms with E-state index in [1.807, 2.05) is 61.5 Å². The normalized spacial score (nSPS) is 15.2. The lowest BCUT2D eigenvalue weighted by Gasteiger charge is -2.42. The Bertz CT molecular complexity index is 5060. The molecule has 6 aromatic carbocycles. The highest BCUT2D eigenvalue weighted by Gasteiger charge is 2.32. The number of nitrogens with zero attached hydrogens (tertiary/aromatic N) is 9. The van der Waals surface area contributed by atoms with Crippen LogP contribution in [-0.2, 0) is 33.4 Å². The van der Waals surface area contributed by atoms with Crippen molar-refractivity contribution in [2.24, 2.45) is 0 Å². The van der Waals surface area contributed by atoms with Crippen molar-refractivity contribution in [2.75, 3.05) is 136 Å². The van der Waals surface area contributed by atoms with Crippen LogP contribution in [0.15, 0.2) is 156 Å². The van der Waals surface area contributed by atoms with Gasteiger partial charge in [-0.1, -0.05) is 59.6 Å². The lowest BCUT2D eigenvalue weighted by atomic mass is 10.0. The average molecular weight is 1600 g/mol. The van der Waals surface area contributed by atoms with E-state index in [2.05, 4.69) is 89.6 Å². The summed E-state index contributed by atoms with van der Waals surface area (Å²) in [6, 6.07) is 38.1. The second-order valence-electron chi connectivity index (χ2n) is 27.7. The molecule has 24 nitrogen and oxygen atoms in total. The molecule has 0 saturated carbocycles. The Morgan fingerprint density at radius 1 is 0.542 bits per heavy atom. The van der Waals surface area contributed by atoms with Crippen LogP contribution < -0.4 is 62.2 Å². The van der Waals surface area contributed by atoms with Gasteiger partial charge in [0.15, 0.2) is 42.9 Å². The number of methoxy groups -OCH3 is 2. The van der Waals surface area contributed by atoms with E-state index in [9.17, 15) is 34.9 Å². The number of aromatic nitrogens is 6. The zero-order valence-electron chi connectivity index (χ0n) is 62.1. The molecule has 0 aliphatic carbocycles. The molecule has 12 rings (SSSR count). The van der Waals surface area contributed by atoms with Gasteiger partial charge in [-0.05, 0) is 185 Å². The number of sulfone groups is 2. The summed E-state index contributed by atoms with van der Waals surface area (Å²) in [7, 11) is -8.96. The van der Waals surface area contributed by atoms with Gasteiger partial charge in [0.1, 0.15) is 43.0 Å². The summed E-state index contributed by atoms with van der Waals surface area (Å²) in [6.45, 7) is 21.9. The van der Waals surface area contributed by atoms with Crippen LogP contribution in [0.3, 0.4) is 0 Å². The predicted molar refractivity (Wildman–Crippen MR) is 436 cm³/mol. The number of para-hydroxylation sites is 3. The van der Waals surface area contributed by atoms with Gasteiger partial charge in [-0.25, -0.2) is 36.2 Å². The van der Waals surface area contributed by atoms with Crippen LogP contribution >= 0.6 is 44.6 Å². The van der Waals surface area contributed by atoms with E-state index in [0.717, 1.165) is 111 Å². The first-order valence-corrected chi connectivity index (χ1v) is 46.2. The van der Waals surface area contributed by atoms with Crippen molar-refractivity contribution < 1.29 is 44.4 Å². The molecular formula is C75H93Cl2FN15O9P3S2. The maximum Gasteiger partial charge on any atom is 0.229 e.